The van der Waals surface area contributed by atoms with Gasteiger partial charge >= 0.3 is 24.0 Å². The van der Waals surface area contributed by atoms with Crippen LogP contribution in [0.2, 0.25) is 5.02 Å². The van der Waals surface area contributed by atoms with Crippen LogP contribution in [0.3, 0.4) is 0 Å². The van der Waals surface area contributed by atoms with E-state index in [2.05, 4.69) is 4.90 Å². The quantitative estimate of drug-likeness (QED) is 0.309. The SMILES string of the molecule is CN1CC[C@@H](CN(C(=O)O)c2ccccc2-c2ccc(F)c(Cl)c2)C1.O=C(O)CC(O)(CC(=O)O)C(=O)O. The maximum Gasteiger partial charge on any atom is 0.411 e. The molecule has 11 nitrogen and oxygen atoms in total. The Labute approximate surface area is 222 Å². The van der Waals surface area contributed by atoms with E-state index in [9.17, 15) is 28.7 Å². The van der Waals surface area contributed by atoms with Gasteiger partial charge in [-0.3, -0.25) is 14.5 Å². The van der Waals surface area contributed by atoms with Crippen molar-refractivity contribution in [1.82, 2.24) is 4.90 Å². The van der Waals surface area contributed by atoms with Gasteiger partial charge in [0.05, 0.1) is 23.6 Å². The Morgan fingerprint density at radius 2 is 1.66 bits per heavy atom. The van der Waals surface area contributed by atoms with Crippen molar-refractivity contribution in [3.05, 3.63) is 53.3 Å². The first-order valence-corrected chi connectivity index (χ1v) is 11.7. The summed E-state index contributed by atoms with van der Waals surface area (Å²) in [7, 11) is 2.04. The minimum atomic E-state index is -2.74. The van der Waals surface area contributed by atoms with Crippen LogP contribution in [-0.4, -0.2) is 86.7 Å². The Morgan fingerprint density at radius 3 is 2.13 bits per heavy atom. The van der Waals surface area contributed by atoms with Crippen LogP contribution in [-0.2, 0) is 14.4 Å². The molecule has 1 atom stereocenters. The molecule has 38 heavy (non-hydrogen) atoms. The fraction of sp³-hybridized carbons (Fsp3) is 0.360. The van der Waals surface area contributed by atoms with E-state index >= 15 is 0 Å². The van der Waals surface area contributed by atoms with Gasteiger partial charge in [-0.05, 0) is 49.7 Å². The number of benzene rings is 2. The summed E-state index contributed by atoms with van der Waals surface area (Å²) in [5.41, 5.74) is -0.736. The molecule has 0 radical (unpaired) electrons. The molecule has 1 heterocycles. The zero-order valence-corrected chi connectivity index (χ0v) is 21.1. The van der Waals surface area contributed by atoms with Gasteiger partial charge in [-0.25, -0.2) is 14.0 Å². The lowest BCUT2D eigenvalue weighted by molar-refractivity contribution is -0.170. The van der Waals surface area contributed by atoms with Crippen molar-refractivity contribution in [2.45, 2.75) is 24.9 Å². The van der Waals surface area contributed by atoms with E-state index in [0.29, 0.717) is 23.7 Å². The van der Waals surface area contributed by atoms with Crippen molar-refractivity contribution in [1.29, 1.82) is 0 Å². The molecular weight excluding hydrogens is 527 g/mol. The molecule has 1 aliphatic rings. The normalized spacial score (nSPS) is 15.3. The van der Waals surface area contributed by atoms with Gasteiger partial charge in [-0.15, -0.1) is 0 Å². The van der Waals surface area contributed by atoms with Gasteiger partial charge in [0.15, 0.2) is 5.60 Å². The molecule has 0 unspecified atom stereocenters. The van der Waals surface area contributed by atoms with Crippen molar-refractivity contribution in [2.75, 3.05) is 31.6 Å². The van der Waals surface area contributed by atoms with Crippen LogP contribution in [0.5, 0.6) is 0 Å². The molecule has 13 heteroatoms. The molecule has 0 aliphatic carbocycles. The monoisotopic (exact) mass is 554 g/mol. The number of carboxylic acids is 3. The van der Waals surface area contributed by atoms with Crippen LogP contribution in [0.4, 0.5) is 14.9 Å². The predicted molar refractivity (Wildman–Crippen MR) is 135 cm³/mol. The van der Waals surface area contributed by atoms with E-state index in [1.165, 1.54) is 17.0 Å². The molecule has 5 N–H and O–H groups in total. The summed E-state index contributed by atoms with van der Waals surface area (Å²) < 4.78 is 13.5. The summed E-state index contributed by atoms with van der Waals surface area (Å²) in [6.45, 7) is 2.30. The van der Waals surface area contributed by atoms with Crippen molar-refractivity contribution < 1.29 is 49.1 Å². The minimum absolute atomic E-state index is 0.0200. The van der Waals surface area contributed by atoms with Crippen molar-refractivity contribution in [3.8, 4) is 11.1 Å². The van der Waals surface area contributed by atoms with Gasteiger partial charge in [-0.1, -0.05) is 35.9 Å². The number of amides is 1. The lowest BCUT2D eigenvalue weighted by atomic mass is 9.96. The number of hydrogen-bond donors (Lipinski definition) is 5. The average molecular weight is 555 g/mol. The third-order valence-electron chi connectivity index (χ3n) is 5.87. The van der Waals surface area contributed by atoms with E-state index < -0.39 is 48.3 Å². The molecular formula is C25H28ClFN2O9. The number of anilines is 1. The summed E-state index contributed by atoms with van der Waals surface area (Å²) in [6.07, 6.45) is -2.30. The molecule has 0 saturated carbocycles. The van der Waals surface area contributed by atoms with E-state index in [4.69, 9.17) is 32.0 Å². The first-order valence-electron chi connectivity index (χ1n) is 11.4. The fourth-order valence-electron chi connectivity index (χ4n) is 4.04. The molecule has 0 bridgehead atoms. The molecule has 1 aliphatic heterocycles. The Bertz CT molecular complexity index is 1180. The number of aliphatic hydroxyl groups is 1. The van der Waals surface area contributed by atoms with E-state index in [1.807, 2.05) is 19.2 Å². The number of likely N-dealkylation sites (tertiary alicyclic amines) is 1. The van der Waals surface area contributed by atoms with Crippen LogP contribution >= 0.6 is 11.6 Å². The van der Waals surface area contributed by atoms with Crippen molar-refractivity contribution >= 4 is 41.3 Å². The number of hydrogen-bond acceptors (Lipinski definition) is 6. The summed E-state index contributed by atoms with van der Waals surface area (Å²) in [4.78, 5) is 46.0. The second kappa shape index (κ2) is 13.2. The van der Waals surface area contributed by atoms with Crippen LogP contribution in [0, 0.1) is 11.7 Å². The third-order valence-corrected chi connectivity index (χ3v) is 6.16. The number of aliphatic carboxylic acids is 3. The van der Waals surface area contributed by atoms with Gasteiger partial charge < -0.3 is 30.4 Å². The second-order valence-electron chi connectivity index (χ2n) is 8.93. The van der Waals surface area contributed by atoms with Gasteiger partial charge in [-0.2, -0.15) is 0 Å². The number of nitrogens with zero attached hydrogens (tertiary/aromatic N) is 2. The van der Waals surface area contributed by atoms with Crippen molar-refractivity contribution in [2.24, 2.45) is 5.92 Å². The first kappa shape index (κ1) is 30.5. The topological polar surface area (TPSA) is 176 Å². The molecule has 1 amide bonds. The Morgan fingerprint density at radius 1 is 1.05 bits per heavy atom. The number of halogens is 2. The highest BCUT2D eigenvalue weighted by atomic mass is 35.5. The largest absolute Gasteiger partial charge is 0.481 e. The molecule has 1 fully saturated rings. The predicted octanol–water partition coefficient (Wildman–Crippen LogP) is 3.33. The highest BCUT2D eigenvalue weighted by Gasteiger charge is 2.40. The van der Waals surface area contributed by atoms with Crippen molar-refractivity contribution in [3.63, 3.8) is 0 Å². The first-order chi connectivity index (χ1) is 17.7. The number of carboxylic acid groups (broad SMARTS) is 4. The van der Waals surface area contributed by atoms with Crippen LogP contribution in [0.25, 0.3) is 11.1 Å². The highest BCUT2D eigenvalue weighted by molar-refractivity contribution is 6.31. The second-order valence-corrected chi connectivity index (χ2v) is 9.34. The summed E-state index contributed by atoms with van der Waals surface area (Å²) in [5.74, 6) is -5.22. The summed E-state index contributed by atoms with van der Waals surface area (Å²) in [5, 5.41) is 43.6. The van der Waals surface area contributed by atoms with Gasteiger partial charge in [0.25, 0.3) is 0 Å². The molecule has 2 aromatic rings. The number of para-hydroxylation sites is 1. The maximum absolute atomic E-state index is 13.5. The fourth-order valence-corrected chi connectivity index (χ4v) is 4.22. The third kappa shape index (κ3) is 8.40. The molecule has 206 valence electrons. The molecule has 2 aromatic carbocycles. The molecule has 0 aromatic heterocycles. The van der Waals surface area contributed by atoms with E-state index in [0.717, 1.165) is 25.1 Å². The van der Waals surface area contributed by atoms with Gasteiger partial charge in [0, 0.05) is 18.7 Å². The van der Waals surface area contributed by atoms with Gasteiger partial charge in [0.2, 0.25) is 0 Å². The maximum atomic E-state index is 13.5. The molecule has 3 rings (SSSR count). The Kier molecular flexibility index (Phi) is 10.6. The lowest BCUT2D eigenvalue weighted by Crippen LogP contribution is -2.42. The zero-order valence-electron chi connectivity index (χ0n) is 20.4. The summed E-state index contributed by atoms with van der Waals surface area (Å²) >= 11 is 5.90. The Hall–Kier alpha value is -3.74. The van der Waals surface area contributed by atoms with Crippen LogP contribution in [0.1, 0.15) is 19.3 Å². The Balaban J connectivity index is 0.000000332. The zero-order chi connectivity index (χ0) is 28.6. The van der Waals surface area contributed by atoms with E-state index in [1.54, 1.807) is 18.2 Å². The molecule has 0 spiro atoms. The summed E-state index contributed by atoms with van der Waals surface area (Å²) in [6, 6.07) is 11.7. The standard InChI is InChI=1S/C19H20ClFN2O2.C6H8O7/c1-22-9-8-13(11-22)12-23(19(24)25)18-5-3-2-4-15(18)14-6-7-17(21)16(20)10-14;7-3(8)1-6(13,5(11)12)2-4(9)10/h2-7,10,13H,8-9,11-12H2,1H3,(H,24,25);13H,1-2H2,(H,7,8)(H,9,10)(H,11,12)/t13-;/m1./s1. The number of carbonyl (C=O) groups is 4. The van der Waals surface area contributed by atoms with Crippen LogP contribution in [0.15, 0.2) is 42.5 Å². The van der Waals surface area contributed by atoms with Crippen LogP contribution < -0.4 is 4.90 Å². The van der Waals surface area contributed by atoms with E-state index in [-0.39, 0.29) is 5.02 Å². The minimum Gasteiger partial charge on any atom is -0.481 e. The lowest BCUT2D eigenvalue weighted by Gasteiger charge is -2.25. The number of rotatable bonds is 9. The average Bonchev–Trinajstić information content (AvgIpc) is 3.23. The molecule has 1 saturated heterocycles. The smallest absolute Gasteiger partial charge is 0.411 e. The van der Waals surface area contributed by atoms with Gasteiger partial charge in [0.1, 0.15) is 5.82 Å². The highest BCUT2D eigenvalue weighted by Crippen LogP contribution is 2.34.